The number of ether oxygens (including phenoxy) is 3. The van der Waals surface area contributed by atoms with Gasteiger partial charge in [0.05, 0.1) is 6.10 Å². The third kappa shape index (κ3) is 3.15. The zero-order valence-corrected chi connectivity index (χ0v) is 16.1. The number of hydrogen-bond acceptors (Lipinski definition) is 6. The maximum absolute atomic E-state index is 12.6. The fourth-order valence-corrected chi connectivity index (χ4v) is 4.90. The monoisotopic (exact) mass is 416 g/mol. The van der Waals surface area contributed by atoms with E-state index in [0.717, 1.165) is 23.1 Å². The van der Waals surface area contributed by atoms with Gasteiger partial charge in [-0.15, -0.1) is 0 Å². The molecule has 3 aliphatic rings. The van der Waals surface area contributed by atoms with Crippen molar-refractivity contribution in [3.05, 3.63) is 48.0 Å². The van der Waals surface area contributed by atoms with Crippen LogP contribution in [0.4, 0.5) is 8.78 Å². The van der Waals surface area contributed by atoms with E-state index >= 15 is 0 Å². The molecule has 30 heavy (non-hydrogen) atoms. The number of aliphatic hydroxyl groups excluding tert-OH is 1. The minimum absolute atomic E-state index is 0.0708. The second-order valence-corrected chi connectivity index (χ2v) is 8.01. The zero-order chi connectivity index (χ0) is 20.9. The van der Waals surface area contributed by atoms with Crippen LogP contribution in [-0.4, -0.2) is 36.6 Å². The number of aliphatic imine (C=N–C) groups is 1. The molecule has 1 unspecified atom stereocenters. The highest BCUT2D eigenvalue weighted by Crippen LogP contribution is 2.53. The molecule has 2 aliphatic heterocycles. The topological polar surface area (TPSA) is 86.3 Å². The Balaban J connectivity index is 1.59. The van der Waals surface area contributed by atoms with Crippen molar-refractivity contribution in [2.45, 2.75) is 43.6 Å². The number of nitrogens with two attached hydrogens (primary N) is 1. The molecule has 0 aromatic heterocycles. The van der Waals surface area contributed by atoms with Crippen molar-refractivity contribution in [1.29, 1.82) is 0 Å². The van der Waals surface area contributed by atoms with Gasteiger partial charge in [-0.25, -0.2) is 4.99 Å². The van der Waals surface area contributed by atoms with E-state index < -0.39 is 18.3 Å². The second kappa shape index (κ2) is 7.12. The van der Waals surface area contributed by atoms with Gasteiger partial charge in [0.2, 0.25) is 0 Å². The first-order valence-corrected chi connectivity index (χ1v) is 9.97. The van der Waals surface area contributed by atoms with E-state index in [1.807, 2.05) is 24.3 Å². The molecule has 8 heteroatoms. The summed E-state index contributed by atoms with van der Waals surface area (Å²) in [5.74, 6) is 0.727. The fourth-order valence-electron chi connectivity index (χ4n) is 4.90. The summed E-state index contributed by atoms with van der Waals surface area (Å²) in [5.41, 5.74) is 7.54. The maximum Gasteiger partial charge on any atom is 0.387 e. The van der Waals surface area contributed by atoms with E-state index in [-0.39, 0.29) is 30.4 Å². The number of amidine groups is 1. The molecular formula is C22H22F2N2O4. The highest BCUT2D eigenvalue weighted by atomic mass is 19.3. The molecule has 2 aromatic rings. The molecule has 1 aliphatic carbocycles. The number of fused-ring (bicyclic) bond motifs is 4. The molecule has 1 spiro atoms. The van der Waals surface area contributed by atoms with Crippen LogP contribution in [0.15, 0.2) is 47.5 Å². The van der Waals surface area contributed by atoms with E-state index in [1.54, 1.807) is 12.1 Å². The standard InChI is InChI=1S/C22H22F2N2O4/c23-20(24)29-15-3-1-2-12(8-15)13-4-6-18-16(9-13)22(11-28-21(25)26-22)17-10-14(27)5-7-19(17)30-18/h1-4,6,8-9,14,17,19-20,27H,5,7,10-11H2,(H2,25,26)/t14-,17-,19-,22?/m0/s1. The molecule has 1 fully saturated rings. The van der Waals surface area contributed by atoms with Gasteiger partial charge in [0.15, 0.2) is 0 Å². The van der Waals surface area contributed by atoms with Crippen LogP contribution < -0.4 is 15.2 Å². The predicted octanol–water partition coefficient (Wildman–Crippen LogP) is 3.42. The van der Waals surface area contributed by atoms with Crippen molar-refractivity contribution in [3.8, 4) is 22.6 Å². The Kier molecular flexibility index (Phi) is 4.54. The average molecular weight is 416 g/mol. The first-order chi connectivity index (χ1) is 14.4. The summed E-state index contributed by atoms with van der Waals surface area (Å²) in [6, 6.07) is 12.4. The third-order valence-electron chi connectivity index (χ3n) is 6.24. The lowest BCUT2D eigenvalue weighted by Crippen LogP contribution is -2.51. The molecule has 0 amide bonds. The van der Waals surface area contributed by atoms with Crippen molar-refractivity contribution in [1.82, 2.24) is 0 Å². The number of alkyl halides is 2. The summed E-state index contributed by atoms with van der Waals surface area (Å²) in [6.45, 7) is -2.61. The van der Waals surface area contributed by atoms with Gasteiger partial charge in [-0.05, 0) is 54.7 Å². The second-order valence-electron chi connectivity index (χ2n) is 8.01. The van der Waals surface area contributed by atoms with E-state index in [1.165, 1.54) is 6.07 Å². The van der Waals surface area contributed by atoms with Crippen molar-refractivity contribution < 1.29 is 28.1 Å². The molecule has 4 atom stereocenters. The third-order valence-corrected chi connectivity index (χ3v) is 6.24. The van der Waals surface area contributed by atoms with Crippen LogP contribution >= 0.6 is 0 Å². The zero-order valence-electron chi connectivity index (χ0n) is 16.1. The summed E-state index contributed by atoms with van der Waals surface area (Å²) >= 11 is 0. The van der Waals surface area contributed by atoms with E-state index in [9.17, 15) is 13.9 Å². The van der Waals surface area contributed by atoms with Gasteiger partial charge in [0.1, 0.15) is 29.7 Å². The van der Waals surface area contributed by atoms with Crippen LogP contribution in [0.1, 0.15) is 24.8 Å². The van der Waals surface area contributed by atoms with Crippen molar-refractivity contribution in [3.63, 3.8) is 0 Å². The van der Waals surface area contributed by atoms with Crippen molar-refractivity contribution >= 4 is 6.02 Å². The van der Waals surface area contributed by atoms with Gasteiger partial charge in [-0.1, -0.05) is 18.2 Å². The quantitative estimate of drug-likeness (QED) is 0.801. The molecule has 5 rings (SSSR count). The van der Waals surface area contributed by atoms with E-state index in [2.05, 4.69) is 9.73 Å². The Labute approximate surface area is 172 Å². The maximum atomic E-state index is 12.6. The Hall–Kier alpha value is -2.87. The van der Waals surface area contributed by atoms with Crippen LogP contribution in [0.5, 0.6) is 11.5 Å². The van der Waals surface area contributed by atoms with Crippen LogP contribution in [0.2, 0.25) is 0 Å². The summed E-state index contributed by atoms with van der Waals surface area (Å²) in [4.78, 5) is 4.69. The molecule has 3 N–H and O–H groups in total. The minimum Gasteiger partial charge on any atom is -0.490 e. The average Bonchev–Trinajstić information content (AvgIpc) is 3.11. The number of rotatable bonds is 3. The first-order valence-electron chi connectivity index (χ1n) is 9.97. The van der Waals surface area contributed by atoms with Gasteiger partial charge in [0.25, 0.3) is 6.02 Å². The van der Waals surface area contributed by atoms with Crippen LogP contribution in [0.3, 0.4) is 0 Å². The lowest BCUT2D eigenvalue weighted by molar-refractivity contribution is -0.0498. The largest absolute Gasteiger partial charge is 0.490 e. The summed E-state index contributed by atoms with van der Waals surface area (Å²) in [5, 5.41) is 10.3. The highest BCUT2D eigenvalue weighted by molar-refractivity contribution is 5.75. The number of halogens is 2. The number of benzene rings is 2. The lowest BCUT2D eigenvalue weighted by atomic mass is 9.67. The molecule has 0 radical (unpaired) electrons. The molecular weight excluding hydrogens is 394 g/mol. The Morgan fingerprint density at radius 1 is 1.17 bits per heavy atom. The number of hydrogen-bond donors (Lipinski definition) is 2. The first kappa shape index (κ1) is 19.1. The van der Waals surface area contributed by atoms with Gasteiger partial charge in [-0.2, -0.15) is 8.78 Å². The lowest BCUT2D eigenvalue weighted by Gasteiger charge is -2.47. The Morgan fingerprint density at radius 2 is 2.00 bits per heavy atom. The van der Waals surface area contributed by atoms with Gasteiger partial charge in [-0.3, -0.25) is 0 Å². The van der Waals surface area contributed by atoms with Crippen molar-refractivity contribution in [2.24, 2.45) is 16.6 Å². The molecule has 2 aromatic carbocycles. The molecule has 0 saturated heterocycles. The van der Waals surface area contributed by atoms with Gasteiger partial charge in [0, 0.05) is 11.5 Å². The smallest absolute Gasteiger partial charge is 0.387 e. The molecule has 6 nitrogen and oxygen atoms in total. The predicted molar refractivity (Wildman–Crippen MR) is 106 cm³/mol. The summed E-state index contributed by atoms with van der Waals surface area (Å²) in [6.07, 6.45) is 1.47. The number of aliphatic hydroxyl groups is 1. The fraction of sp³-hybridized carbons (Fsp3) is 0.409. The number of nitrogens with zero attached hydrogens (tertiary/aromatic N) is 1. The molecule has 0 bridgehead atoms. The van der Waals surface area contributed by atoms with Crippen LogP contribution in [-0.2, 0) is 10.3 Å². The molecule has 158 valence electrons. The normalized spacial score (nSPS) is 29.6. The van der Waals surface area contributed by atoms with E-state index in [0.29, 0.717) is 18.6 Å². The molecule has 1 saturated carbocycles. The van der Waals surface area contributed by atoms with Crippen LogP contribution in [0.25, 0.3) is 11.1 Å². The Bertz CT molecular complexity index is 999. The van der Waals surface area contributed by atoms with Crippen molar-refractivity contribution in [2.75, 3.05) is 6.61 Å². The van der Waals surface area contributed by atoms with Gasteiger partial charge >= 0.3 is 6.61 Å². The van der Waals surface area contributed by atoms with Gasteiger partial charge < -0.3 is 25.1 Å². The molecule has 2 heterocycles. The summed E-state index contributed by atoms with van der Waals surface area (Å²) in [7, 11) is 0. The SMILES string of the molecule is NC1=NC2(CO1)c1cc(-c3cccc(OC(F)F)c3)ccc1O[C@H]1CC[C@H](O)C[C@@H]12. The highest BCUT2D eigenvalue weighted by Gasteiger charge is 2.55. The minimum atomic E-state index is -2.89. The Morgan fingerprint density at radius 3 is 2.77 bits per heavy atom. The van der Waals surface area contributed by atoms with E-state index in [4.69, 9.17) is 15.2 Å². The van der Waals surface area contributed by atoms with Crippen LogP contribution in [0, 0.1) is 5.92 Å². The summed E-state index contributed by atoms with van der Waals surface area (Å²) < 4.78 is 41.6.